The molecule has 1 spiro atoms. The van der Waals surface area contributed by atoms with Crippen LogP contribution in [0.15, 0.2) is 0 Å². The lowest BCUT2D eigenvalue weighted by molar-refractivity contribution is -0.146. The first-order valence-electron chi connectivity index (χ1n) is 4.34. The number of carbonyl (C=O) groups is 2. The number of nitrogens with zero attached hydrogens (tertiary/aromatic N) is 1. The molecule has 0 aromatic rings. The minimum absolute atomic E-state index is 0.186. The Labute approximate surface area is 77.0 Å². The van der Waals surface area contributed by atoms with Crippen molar-refractivity contribution < 1.29 is 14.3 Å². The zero-order valence-corrected chi connectivity index (χ0v) is 8.09. The van der Waals surface area contributed by atoms with Gasteiger partial charge in [-0.25, -0.2) is 4.79 Å². The Morgan fingerprint density at radius 3 is 2.08 bits per heavy atom. The van der Waals surface area contributed by atoms with Gasteiger partial charge < -0.3 is 10.1 Å². The molecule has 0 saturated carbocycles. The van der Waals surface area contributed by atoms with Gasteiger partial charge in [0.25, 0.3) is 5.91 Å². The molecule has 13 heavy (non-hydrogen) atoms. The molecule has 0 unspecified atom stereocenters. The van der Waals surface area contributed by atoms with E-state index in [0.29, 0.717) is 13.2 Å². The van der Waals surface area contributed by atoms with Crippen molar-refractivity contribution in [2.45, 2.75) is 19.4 Å². The van der Waals surface area contributed by atoms with E-state index in [4.69, 9.17) is 4.74 Å². The van der Waals surface area contributed by atoms with Crippen molar-refractivity contribution in [2.75, 3.05) is 20.3 Å². The normalized spacial score (nSPS) is 23.5. The minimum atomic E-state index is -0.716. The molecular weight excluding hydrogens is 172 g/mol. The van der Waals surface area contributed by atoms with E-state index in [-0.39, 0.29) is 11.9 Å². The average Bonchev–Trinajstić information content (AvgIpc) is 2.32. The topological polar surface area (TPSA) is 58.6 Å². The van der Waals surface area contributed by atoms with Crippen LogP contribution in [-0.2, 0) is 9.53 Å². The first-order valence-corrected chi connectivity index (χ1v) is 4.34. The van der Waals surface area contributed by atoms with Crippen LogP contribution in [0, 0.1) is 0 Å². The molecule has 5 nitrogen and oxygen atoms in total. The monoisotopic (exact) mass is 186 g/mol. The Balaban J connectivity index is 0.000000396. The summed E-state index contributed by atoms with van der Waals surface area (Å²) in [5.41, 5.74) is -0.716. The van der Waals surface area contributed by atoms with Crippen molar-refractivity contribution in [3.8, 4) is 0 Å². The predicted molar refractivity (Wildman–Crippen MR) is 46.2 cm³/mol. The van der Waals surface area contributed by atoms with Gasteiger partial charge in [0.05, 0.1) is 13.2 Å². The fourth-order valence-corrected chi connectivity index (χ4v) is 1.26. The van der Waals surface area contributed by atoms with Crippen molar-refractivity contribution in [1.29, 1.82) is 0 Å². The number of rotatable bonds is 0. The van der Waals surface area contributed by atoms with Crippen LogP contribution in [0.2, 0.25) is 0 Å². The number of likely N-dealkylation sites (N-methyl/N-ethyl adjacent to an activating group) is 1. The van der Waals surface area contributed by atoms with E-state index >= 15 is 0 Å². The molecule has 2 rings (SSSR count). The molecule has 0 aromatic heterocycles. The fourth-order valence-electron chi connectivity index (χ4n) is 1.26. The molecule has 0 radical (unpaired) electrons. The highest BCUT2D eigenvalue weighted by atomic mass is 16.5. The van der Waals surface area contributed by atoms with E-state index in [2.05, 4.69) is 5.32 Å². The Morgan fingerprint density at radius 2 is 1.92 bits per heavy atom. The van der Waals surface area contributed by atoms with Crippen LogP contribution in [0.1, 0.15) is 13.8 Å². The van der Waals surface area contributed by atoms with E-state index in [0.717, 1.165) is 4.90 Å². The number of hydrogen-bond donors (Lipinski definition) is 1. The van der Waals surface area contributed by atoms with Crippen LogP contribution < -0.4 is 5.32 Å². The lowest BCUT2D eigenvalue weighted by atomic mass is 9.98. The highest BCUT2D eigenvalue weighted by molar-refractivity contribution is 6.07. The van der Waals surface area contributed by atoms with Gasteiger partial charge in [0.1, 0.15) is 0 Å². The van der Waals surface area contributed by atoms with Crippen LogP contribution in [0.3, 0.4) is 0 Å². The summed E-state index contributed by atoms with van der Waals surface area (Å²) >= 11 is 0. The van der Waals surface area contributed by atoms with E-state index in [9.17, 15) is 9.59 Å². The maximum Gasteiger partial charge on any atom is 0.324 e. The molecular formula is C8H14N2O3. The number of ether oxygens (including phenoxy) is 1. The van der Waals surface area contributed by atoms with E-state index < -0.39 is 5.54 Å². The molecule has 0 bridgehead atoms. The van der Waals surface area contributed by atoms with Crippen LogP contribution in [-0.4, -0.2) is 42.6 Å². The smallest absolute Gasteiger partial charge is 0.324 e. The summed E-state index contributed by atoms with van der Waals surface area (Å²) < 4.78 is 4.86. The van der Waals surface area contributed by atoms with Gasteiger partial charge in [-0.2, -0.15) is 0 Å². The summed E-state index contributed by atoms with van der Waals surface area (Å²) in [4.78, 5) is 23.3. The predicted octanol–water partition coefficient (Wildman–Crippen LogP) is -0.0368. The molecule has 2 saturated heterocycles. The number of nitrogens with one attached hydrogen (secondary N) is 1. The average molecular weight is 186 g/mol. The number of amides is 3. The van der Waals surface area contributed by atoms with E-state index in [1.165, 1.54) is 7.05 Å². The van der Waals surface area contributed by atoms with Crippen LogP contribution >= 0.6 is 0 Å². The van der Waals surface area contributed by atoms with Gasteiger partial charge in [-0.15, -0.1) is 0 Å². The fraction of sp³-hybridized carbons (Fsp3) is 0.750. The molecule has 1 N–H and O–H groups in total. The number of urea groups is 1. The first-order chi connectivity index (χ1) is 6.16. The van der Waals surface area contributed by atoms with Gasteiger partial charge in [0, 0.05) is 7.05 Å². The zero-order chi connectivity index (χ0) is 10.1. The standard InChI is InChI=1S/C6H8N2O3.C2H6/c1-8-4(9)6(2-11-3-6)7-5(8)10;1-2/h2-3H2,1H3,(H,7,10);1-2H3. The number of hydrogen-bond acceptors (Lipinski definition) is 3. The van der Waals surface area contributed by atoms with Crippen molar-refractivity contribution in [2.24, 2.45) is 0 Å². The molecule has 0 atom stereocenters. The van der Waals surface area contributed by atoms with Crippen molar-refractivity contribution in [3.63, 3.8) is 0 Å². The Kier molecular flexibility index (Phi) is 2.56. The summed E-state index contributed by atoms with van der Waals surface area (Å²) in [6.07, 6.45) is 0. The summed E-state index contributed by atoms with van der Waals surface area (Å²) in [6.45, 7) is 4.61. The second-order valence-corrected chi connectivity index (χ2v) is 2.87. The SMILES string of the molecule is CC.CN1C(=O)NC2(COC2)C1=O. The van der Waals surface area contributed by atoms with Crippen molar-refractivity contribution in [3.05, 3.63) is 0 Å². The highest BCUT2D eigenvalue weighted by Gasteiger charge is 2.55. The Bertz CT molecular complexity index is 236. The van der Waals surface area contributed by atoms with Crippen LogP contribution in [0.5, 0.6) is 0 Å². The van der Waals surface area contributed by atoms with Gasteiger partial charge in [-0.05, 0) is 0 Å². The maximum absolute atomic E-state index is 11.3. The summed E-state index contributed by atoms with van der Waals surface area (Å²) in [7, 11) is 1.46. The summed E-state index contributed by atoms with van der Waals surface area (Å²) in [5.74, 6) is -0.186. The van der Waals surface area contributed by atoms with E-state index in [1.54, 1.807) is 0 Å². The van der Waals surface area contributed by atoms with Gasteiger partial charge in [-0.1, -0.05) is 13.8 Å². The summed E-state index contributed by atoms with van der Waals surface area (Å²) in [6, 6.07) is -0.335. The molecule has 2 heterocycles. The number of imide groups is 1. The third kappa shape index (κ3) is 1.29. The second kappa shape index (κ2) is 3.33. The lowest BCUT2D eigenvalue weighted by Crippen LogP contribution is -2.62. The third-order valence-corrected chi connectivity index (χ3v) is 2.06. The van der Waals surface area contributed by atoms with Gasteiger partial charge in [0.2, 0.25) is 0 Å². The molecule has 2 fully saturated rings. The van der Waals surface area contributed by atoms with Crippen LogP contribution in [0.25, 0.3) is 0 Å². The maximum atomic E-state index is 11.3. The highest BCUT2D eigenvalue weighted by Crippen LogP contribution is 2.24. The lowest BCUT2D eigenvalue weighted by Gasteiger charge is -2.34. The molecule has 0 aromatic carbocycles. The van der Waals surface area contributed by atoms with Crippen molar-refractivity contribution in [1.82, 2.24) is 10.2 Å². The molecule has 5 heteroatoms. The quantitative estimate of drug-likeness (QED) is 0.540. The zero-order valence-electron chi connectivity index (χ0n) is 8.09. The van der Waals surface area contributed by atoms with Gasteiger partial charge in [0.15, 0.2) is 5.54 Å². The minimum Gasteiger partial charge on any atom is -0.375 e. The first kappa shape index (κ1) is 9.98. The molecule has 2 aliphatic rings. The number of carbonyl (C=O) groups excluding carboxylic acids is 2. The molecule has 3 amide bonds. The van der Waals surface area contributed by atoms with Crippen LogP contribution in [0.4, 0.5) is 4.79 Å². The molecule has 0 aliphatic carbocycles. The summed E-state index contributed by atoms with van der Waals surface area (Å²) in [5, 5.41) is 2.58. The largest absolute Gasteiger partial charge is 0.375 e. The Morgan fingerprint density at radius 1 is 1.38 bits per heavy atom. The second-order valence-electron chi connectivity index (χ2n) is 2.87. The van der Waals surface area contributed by atoms with Crippen molar-refractivity contribution >= 4 is 11.9 Å². The third-order valence-electron chi connectivity index (χ3n) is 2.06. The van der Waals surface area contributed by atoms with Gasteiger partial charge >= 0.3 is 6.03 Å². The van der Waals surface area contributed by atoms with Gasteiger partial charge in [-0.3, -0.25) is 9.69 Å². The molecule has 74 valence electrons. The Hall–Kier alpha value is -1.10. The van der Waals surface area contributed by atoms with E-state index in [1.807, 2.05) is 13.8 Å². The molecule has 2 aliphatic heterocycles.